The summed E-state index contributed by atoms with van der Waals surface area (Å²) < 4.78 is 0. The van der Waals surface area contributed by atoms with Gasteiger partial charge in [-0.3, -0.25) is 10.1 Å². The van der Waals surface area contributed by atoms with E-state index in [-0.39, 0.29) is 17.9 Å². The van der Waals surface area contributed by atoms with Gasteiger partial charge in [-0.25, -0.2) is 14.8 Å². The molecule has 3 heterocycles. The molecule has 2 amide bonds. The molecule has 31 heavy (non-hydrogen) atoms. The summed E-state index contributed by atoms with van der Waals surface area (Å²) >= 11 is 1.42. The van der Waals surface area contributed by atoms with Crippen molar-refractivity contribution in [2.75, 3.05) is 40.9 Å². The van der Waals surface area contributed by atoms with Crippen LogP contribution in [0.4, 0.5) is 27.9 Å². The first-order chi connectivity index (χ1) is 14.9. The second-order valence-electron chi connectivity index (χ2n) is 7.10. The van der Waals surface area contributed by atoms with Crippen molar-refractivity contribution in [1.82, 2.24) is 20.0 Å². The Morgan fingerprint density at radius 3 is 2.55 bits per heavy atom. The highest BCUT2D eigenvalue weighted by atomic mass is 32.1. The molecule has 11 nitrogen and oxygen atoms in total. The third-order valence-electron chi connectivity index (χ3n) is 4.72. The molecule has 3 aromatic rings. The van der Waals surface area contributed by atoms with E-state index in [9.17, 15) is 9.59 Å². The molecule has 12 heteroatoms. The third kappa shape index (κ3) is 4.81. The van der Waals surface area contributed by atoms with Crippen LogP contribution in [0.15, 0.2) is 29.8 Å². The molecule has 1 aliphatic rings. The number of hydrogen-bond donors (Lipinski definition) is 3. The van der Waals surface area contributed by atoms with Gasteiger partial charge in [0.05, 0.1) is 18.6 Å². The fourth-order valence-electron chi connectivity index (χ4n) is 3.38. The van der Waals surface area contributed by atoms with Crippen LogP contribution in [0, 0.1) is 0 Å². The summed E-state index contributed by atoms with van der Waals surface area (Å²) in [5, 5.41) is 6.97. The molecule has 2 aromatic heterocycles. The molecule has 1 aromatic carbocycles. The lowest BCUT2D eigenvalue weighted by atomic mass is 10.2. The zero-order chi connectivity index (χ0) is 22.0. The van der Waals surface area contributed by atoms with E-state index in [1.165, 1.54) is 18.3 Å². The van der Waals surface area contributed by atoms with Gasteiger partial charge in [0, 0.05) is 30.9 Å². The Balaban J connectivity index is 1.35. The third-order valence-corrected chi connectivity index (χ3v) is 5.44. The lowest BCUT2D eigenvalue weighted by Gasteiger charge is -2.39. The molecule has 0 radical (unpaired) electrons. The number of nitrogens with one attached hydrogen (secondary N) is 2. The van der Waals surface area contributed by atoms with Gasteiger partial charge in [0.25, 0.3) is 0 Å². The van der Waals surface area contributed by atoms with Crippen molar-refractivity contribution in [2.24, 2.45) is 0 Å². The van der Waals surface area contributed by atoms with Gasteiger partial charge >= 0.3 is 6.09 Å². The number of carbonyl (C=O) groups is 2. The molecule has 4 rings (SSSR count). The van der Waals surface area contributed by atoms with E-state index in [2.05, 4.69) is 30.5 Å². The van der Waals surface area contributed by atoms with E-state index in [0.29, 0.717) is 36.8 Å². The molecule has 0 saturated carbocycles. The van der Waals surface area contributed by atoms with Crippen molar-refractivity contribution in [3.63, 3.8) is 0 Å². The van der Waals surface area contributed by atoms with E-state index in [1.807, 2.05) is 6.92 Å². The Labute approximate surface area is 182 Å². The van der Waals surface area contributed by atoms with E-state index in [1.54, 1.807) is 34.8 Å². The van der Waals surface area contributed by atoms with Gasteiger partial charge in [0.15, 0.2) is 10.6 Å². The number of rotatable bonds is 4. The minimum atomic E-state index is -0.582. The number of fused-ring (bicyclic) bond motifs is 1. The molecule has 0 spiro atoms. The molecule has 0 aliphatic carbocycles. The van der Waals surface area contributed by atoms with Crippen molar-refractivity contribution in [1.29, 1.82) is 0 Å². The van der Waals surface area contributed by atoms with Crippen LogP contribution < -0.4 is 21.3 Å². The average molecular weight is 443 g/mol. The van der Waals surface area contributed by atoms with Crippen molar-refractivity contribution in [3.05, 3.63) is 29.8 Å². The number of nitrogens with two attached hydrogens (primary N) is 1. The number of hydrogen-bond acceptors (Lipinski definition) is 10. The number of benzene rings is 1. The standard InChI is InChI=1S/C19H22N8O3S/c1-11-9-26(30-19(29)23-14-5-3-13(4-6-14)22-12(2)28)7-8-27(11)16-15-17(31-10-21-15)25-18(20)24-16/h3-6,10-11H,7-9H2,1-2H3,(H,22,28)(H,23,29)(H2,20,24,25)/t11-/m0/s1. The summed E-state index contributed by atoms with van der Waals surface area (Å²) in [6.45, 7) is 5.02. The highest BCUT2D eigenvalue weighted by molar-refractivity contribution is 7.16. The van der Waals surface area contributed by atoms with Crippen LogP contribution in [0.5, 0.6) is 0 Å². The summed E-state index contributed by atoms with van der Waals surface area (Å²) in [7, 11) is 0. The van der Waals surface area contributed by atoms with Crippen LogP contribution in [0.1, 0.15) is 13.8 Å². The van der Waals surface area contributed by atoms with Crippen LogP contribution in [-0.2, 0) is 9.63 Å². The van der Waals surface area contributed by atoms with Gasteiger partial charge in [0.2, 0.25) is 11.9 Å². The van der Waals surface area contributed by atoms with Crippen molar-refractivity contribution < 1.29 is 14.4 Å². The van der Waals surface area contributed by atoms with Crippen molar-refractivity contribution in [3.8, 4) is 0 Å². The van der Waals surface area contributed by atoms with Crippen LogP contribution in [-0.4, -0.2) is 57.7 Å². The largest absolute Gasteiger partial charge is 0.430 e. The molecule has 4 N–H and O–H groups in total. The molecule has 1 aliphatic heterocycles. The van der Waals surface area contributed by atoms with Crippen LogP contribution in [0.25, 0.3) is 10.3 Å². The number of carbonyl (C=O) groups excluding carboxylic acids is 2. The summed E-state index contributed by atoms with van der Waals surface area (Å²) in [4.78, 5) is 44.6. The second kappa shape index (κ2) is 8.70. The van der Waals surface area contributed by atoms with E-state index < -0.39 is 6.09 Å². The van der Waals surface area contributed by atoms with Crippen molar-refractivity contribution >= 4 is 56.8 Å². The number of piperazine rings is 1. The number of thiazole rings is 1. The molecule has 1 saturated heterocycles. The summed E-state index contributed by atoms with van der Waals surface area (Å²) in [6, 6.07) is 6.78. The van der Waals surface area contributed by atoms with Gasteiger partial charge in [-0.2, -0.15) is 4.98 Å². The lowest BCUT2D eigenvalue weighted by Crippen LogP contribution is -2.53. The van der Waals surface area contributed by atoms with Gasteiger partial charge < -0.3 is 20.8 Å². The van der Waals surface area contributed by atoms with E-state index >= 15 is 0 Å². The van der Waals surface area contributed by atoms with Gasteiger partial charge in [0.1, 0.15) is 5.52 Å². The average Bonchev–Trinajstić information content (AvgIpc) is 3.17. The number of nitrogen functional groups attached to an aromatic ring is 1. The summed E-state index contributed by atoms with van der Waals surface area (Å²) in [5.41, 5.74) is 9.51. The first-order valence-corrected chi connectivity index (χ1v) is 10.5. The first-order valence-electron chi connectivity index (χ1n) is 9.64. The minimum absolute atomic E-state index is 0.0117. The fraction of sp³-hybridized carbons (Fsp3) is 0.316. The molecular formula is C19H22N8O3S. The fourth-order valence-corrected chi connectivity index (χ4v) is 4.04. The molecular weight excluding hydrogens is 420 g/mol. The number of aromatic nitrogens is 3. The Morgan fingerprint density at radius 2 is 1.87 bits per heavy atom. The lowest BCUT2D eigenvalue weighted by molar-refractivity contribution is -0.114. The maximum Gasteiger partial charge on any atom is 0.430 e. The normalized spacial score (nSPS) is 16.8. The van der Waals surface area contributed by atoms with Gasteiger partial charge in [-0.15, -0.1) is 16.4 Å². The molecule has 1 fully saturated rings. The molecule has 0 bridgehead atoms. The van der Waals surface area contributed by atoms with Gasteiger partial charge in [-0.1, -0.05) is 0 Å². The quantitative estimate of drug-likeness (QED) is 0.555. The zero-order valence-electron chi connectivity index (χ0n) is 17.0. The monoisotopic (exact) mass is 442 g/mol. The van der Waals surface area contributed by atoms with E-state index in [0.717, 1.165) is 10.3 Å². The smallest absolute Gasteiger partial charge is 0.368 e. The molecule has 0 unspecified atom stereocenters. The Bertz CT molecular complexity index is 1100. The highest BCUT2D eigenvalue weighted by Crippen LogP contribution is 2.28. The Kier molecular flexibility index (Phi) is 5.82. The second-order valence-corrected chi connectivity index (χ2v) is 7.94. The number of anilines is 4. The minimum Gasteiger partial charge on any atom is -0.368 e. The maximum absolute atomic E-state index is 12.3. The zero-order valence-corrected chi connectivity index (χ0v) is 17.8. The Morgan fingerprint density at radius 1 is 1.16 bits per heavy atom. The van der Waals surface area contributed by atoms with Crippen LogP contribution >= 0.6 is 11.3 Å². The van der Waals surface area contributed by atoms with Gasteiger partial charge in [-0.05, 0) is 31.2 Å². The van der Waals surface area contributed by atoms with Crippen LogP contribution in [0.2, 0.25) is 0 Å². The van der Waals surface area contributed by atoms with Crippen LogP contribution in [0.3, 0.4) is 0 Å². The molecule has 1 atom stereocenters. The number of hydroxylamine groups is 2. The van der Waals surface area contributed by atoms with E-state index in [4.69, 9.17) is 10.6 Å². The topological polar surface area (TPSA) is 139 Å². The number of nitrogens with zero attached hydrogens (tertiary/aromatic N) is 5. The highest BCUT2D eigenvalue weighted by Gasteiger charge is 2.29. The summed E-state index contributed by atoms with van der Waals surface area (Å²) in [6.07, 6.45) is -0.582. The Hall–Kier alpha value is -3.51. The molecule has 162 valence electrons. The summed E-state index contributed by atoms with van der Waals surface area (Å²) in [5.74, 6) is 0.745. The predicted octanol–water partition coefficient (Wildman–Crippen LogP) is 2.30. The maximum atomic E-state index is 12.3. The predicted molar refractivity (Wildman–Crippen MR) is 119 cm³/mol. The van der Waals surface area contributed by atoms with Crippen molar-refractivity contribution in [2.45, 2.75) is 19.9 Å². The number of amides is 2. The first kappa shape index (κ1) is 20.8. The SMILES string of the molecule is CC(=O)Nc1ccc(NC(=O)ON2CCN(c3nc(N)nc4scnc34)[C@@H](C)C2)cc1.